The fourth-order valence-electron chi connectivity index (χ4n) is 2.21. The summed E-state index contributed by atoms with van der Waals surface area (Å²) in [5, 5.41) is 0. The topological polar surface area (TPSA) is 78.9 Å². The van der Waals surface area contributed by atoms with Crippen molar-refractivity contribution in [2.24, 2.45) is 0 Å². The summed E-state index contributed by atoms with van der Waals surface area (Å²) in [7, 11) is -1.05. The molecule has 0 amide bonds. The first-order valence-electron chi connectivity index (χ1n) is 7.58. The van der Waals surface area contributed by atoms with Crippen LogP contribution in [0.15, 0.2) is 47.4 Å². The standard InChI is InChI=1S/C18H20O6S/c1-13-4-7-15(8-5-13)25(20,21)24-11-10-14-6-9-16(18(19)23-3)17(12-14)22-2/h4-9,12H,10-11H2,1-3H3. The maximum atomic E-state index is 12.1. The Morgan fingerprint density at radius 3 is 2.32 bits per heavy atom. The second-order valence-corrected chi connectivity index (χ2v) is 6.98. The highest BCUT2D eigenvalue weighted by Crippen LogP contribution is 2.22. The average molecular weight is 364 g/mol. The van der Waals surface area contributed by atoms with Crippen LogP contribution in [0.1, 0.15) is 21.5 Å². The van der Waals surface area contributed by atoms with Crippen LogP contribution in [0, 0.1) is 6.92 Å². The second-order valence-electron chi connectivity index (χ2n) is 5.37. The molecule has 25 heavy (non-hydrogen) atoms. The predicted molar refractivity (Wildman–Crippen MR) is 92.4 cm³/mol. The van der Waals surface area contributed by atoms with Gasteiger partial charge < -0.3 is 9.47 Å². The number of aryl methyl sites for hydroxylation is 1. The maximum absolute atomic E-state index is 12.1. The average Bonchev–Trinajstić information content (AvgIpc) is 2.61. The smallest absolute Gasteiger partial charge is 0.341 e. The van der Waals surface area contributed by atoms with Crippen LogP contribution in [-0.4, -0.2) is 35.2 Å². The Kier molecular flexibility index (Phi) is 6.17. The summed E-state index contributed by atoms with van der Waals surface area (Å²) < 4.78 is 39.2. The first-order chi connectivity index (χ1) is 11.9. The van der Waals surface area contributed by atoms with E-state index in [0.717, 1.165) is 11.1 Å². The molecule has 0 heterocycles. The normalized spacial score (nSPS) is 11.2. The third kappa shape index (κ3) is 4.80. The van der Waals surface area contributed by atoms with Gasteiger partial charge in [-0.3, -0.25) is 4.18 Å². The lowest BCUT2D eigenvalue weighted by atomic mass is 10.1. The highest BCUT2D eigenvalue weighted by molar-refractivity contribution is 7.86. The maximum Gasteiger partial charge on any atom is 0.341 e. The number of benzene rings is 2. The quantitative estimate of drug-likeness (QED) is 0.555. The van der Waals surface area contributed by atoms with Crippen LogP contribution in [0.5, 0.6) is 5.75 Å². The number of esters is 1. The first-order valence-corrected chi connectivity index (χ1v) is 8.99. The molecule has 2 aromatic carbocycles. The minimum Gasteiger partial charge on any atom is -0.496 e. The van der Waals surface area contributed by atoms with Crippen molar-refractivity contribution in [3.05, 3.63) is 59.2 Å². The number of rotatable bonds is 7. The SMILES string of the molecule is COC(=O)c1ccc(CCOS(=O)(=O)c2ccc(C)cc2)cc1OC. The van der Waals surface area contributed by atoms with E-state index in [1.165, 1.54) is 26.4 Å². The van der Waals surface area contributed by atoms with E-state index in [2.05, 4.69) is 4.74 Å². The zero-order valence-electron chi connectivity index (χ0n) is 14.3. The molecule has 2 aromatic rings. The fraction of sp³-hybridized carbons (Fsp3) is 0.278. The molecule has 0 radical (unpaired) electrons. The van der Waals surface area contributed by atoms with Crippen LogP contribution < -0.4 is 4.74 Å². The number of methoxy groups -OCH3 is 2. The van der Waals surface area contributed by atoms with Crippen LogP contribution in [-0.2, 0) is 25.5 Å². The zero-order chi connectivity index (χ0) is 18.4. The van der Waals surface area contributed by atoms with Gasteiger partial charge in [-0.15, -0.1) is 0 Å². The molecule has 0 aliphatic heterocycles. The van der Waals surface area contributed by atoms with E-state index in [1.807, 2.05) is 6.92 Å². The predicted octanol–water partition coefficient (Wildman–Crippen LogP) is 2.74. The Morgan fingerprint density at radius 2 is 1.72 bits per heavy atom. The molecule has 0 aromatic heterocycles. The van der Waals surface area contributed by atoms with Crippen LogP contribution >= 0.6 is 0 Å². The van der Waals surface area contributed by atoms with Gasteiger partial charge in [-0.25, -0.2) is 4.79 Å². The molecule has 2 rings (SSSR count). The van der Waals surface area contributed by atoms with E-state index in [1.54, 1.807) is 30.3 Å². The van der Waals surface area contributed by atoms with Crippen LogP contribution in [0.2, 0.25) is 0 Å². The summed E-state index contributed by atoms with van der Waals surface area (Å²) in [5.74, 6) is -0.132. The molecule has 0 aliphatic carbocycles. The van der Waals surface area contributed by atoms with Crippen LogP contribution in [0.4, 0.5) is 0 Å². The van der Waals surface area contributed by atoms with E-state index >= 15 is 0 Å². The van der Waals surface area contributed by atoms with E-state index in [9.17, 15) is 13.2 Å². The molecular formula is C18H20O6S. The van der Waals surface area contributed by atoms with Crippen molar-refractivity contribution >= 4 is 16.1 Å². The lowest BCUT2D eigenvalue weighted by Crippen LogP contribution is -2.10. The third-order valence-electron chi connectivity index (χ3n) is 3.61. The van der Waals surface area contributed by atoms with Crippen molar-refractivity contribution in [2.45, 2.75) is 18.2 Å². The Balaban J connectivity index is 2.04. The number of carbonyl (C=O) groups is 1. The zero-order valence-corrected chi connectivity index (χ0v) is 15.1. The molecule has 0 N–H and O–H groups in total. The Morgan fingerprint density at radius 1 is 1.04 bits per heavy atom. The minimum absolute atomic E-state index is 0.0169. The molecular weight excluding hydrogens is 344 g/mol. The molecule has 0 atom stereocenters. The van der Waals surface area contributed by atoms with Gasteiger partial charge in [0.1, 0.15) is 11.3 Å². The van der Waals surface area contributed by atoms with E-state index in [0.29, 0.717) is 17.7 Å². The molecule has 0 bridgehead atoms. The van der Waals surface area contributed by atoms with Gasteiger partial charge in [-0.1, -0.05) is 23.8 Å². The highest BCUT2D eigenvalue weighted by atomic mass is 32.2. The van der Waals surface area contributed by atoms with Crippen molar-refractivity contribution in [3.63, 3.8) is 0 Å². The van der Waals surface area contributed by atoms with Crippen molar-refractivity contribution in [3.8, 4) is 5.75 Å². The fourth-order valence-corrected chi connectivity index (χ4v) is 3.12. The van der Waals surface area contributed by atoms with E-state index in [-0.39, 0.29) is 11.5 Å². The van der Waals surface area contributed by atoms with Crippen LogP contribution in [0.3, 0.4) is 0 Å². The van der Waals surface area contributed by atoms with Gasteiger partial charge in [0.15, 0.2) is 0 Å². The Hall–Kier alpha value is -2.38. The largest absolute Gasteiger partial charge is 0.496 e. The van der Waals surface area contributed by atoms with Gasteiger partial charge in [0.05, 0.1) is 25.7 Å². The molecule has 0 saturated carbocycles. The molecule has 134 valence electrons. The number of hydrogen-bond donors (Lipinski definition) is 0. The molecule has 7 heteroatoms. The van der Waals surface area contributed by atoms with Crippen molar-refractivity contribution in [1.82, 2.24) is 0 Å². The molecule has 6 nitrogen and oxygen atoms in total. The summed E-state index contributed by atoms with van der Waals surface area (Å²) in [6.07, 6.45) is 0.350. The van der Waals surface area contributed by atoms with Gasteiger partial charge in [-0.2, -0.15) is 8.42 Å². The third-order valence-corrected chi connectivity index (χ3v) is 4.94. The summed E-state index contributed by atoms with van der Waals surface area (Å²) in [5.41, 5.74) is 2.06. The Labute approximate surface area is 147 Å². The molecule has 0 aliphatic rings. The lowest BCUT2D eigenvalue weighted by molar-refractivity contribution is 0.0597. The number of ether oxygens (including phenoxy) is 2. The summed E-state index contributed by atoms with van der Waals surface area (Å²) in [6.45, 7) is 1.86. The Bertz CT molecular complexity index is 840. The minimum atomic E-state index is -3.79. The van der Waals surface area contributed by atoms with Gasteiger partial charge in [0, 0.05) is 0 Å². The number of carbonyl (C=O) groups excluding carboxylic acids is 1. The summed E-state index contributed by atoms with van der Waals surface area (Å²) in [6, 6.07) is 11.4. The van der Waals surface area contributed by atoms with Gasteiger partial charge >= 0.3 is 5.97 Å². The van der Waals surface area contributed by atoms with Gasteiger partial charge in [0.25, 0.3) is 10.1 Å². The lowest BCUT2D eigenvalue weighted by Gasteiger charge is -2.10. The number of hydrogen-bond acceptors (Lipinski definition) is 6. The van der Waals surface area contributed by atoms with E-state index < -0.39 is 16.1 Å². The second kappa shape index (κ2) is 8.13. The molecule has 0 fully saturated rings. The monoisotopic (exact) mass is 364 g/mol. The van der Waals surface area contributed by atoms with Gasteiger partial charge in [-0.05, 0) is 43.2 Å². The van der Waals surface area contributed by atoms with Crippen LogP contribution in [0.25, 0.3) is 0 Å². The summed E-state index contributed by atoms with van der Waals surface area (Å²) in [4.78, 5) is 11.7. The van der Waals surface area contributed by atoms with Crippen molar-refractivity contribution in [2.75, 3.05) is 20.8 Å². The van der Waals surface area contributed by atoms with Gasteiger partial charge in [0.2, 0.25) is 0 Å². The highest BCUT2D eigenvalue weighted by Gasteiger charge is 2.16. The summed E-state index contributed by atoms with van der Waals surface area (Å²) >= 11 is 0. The molecule has 0 saturated heterocycles. The van der Waals surface area contributed by atoms with Crippen molar-refractivity contribution < 1.29 is 26.9 Å². The first kappa shape index (κ1) is 19.0. The molecule has 0 spiro atoms. The van der Waals surface area contributed by atoms with Crippen molar-refractivity contribution in [1.29, 1.82) is 0 Å². The molecule has 0 unspecified atom stereocenters. The van der Waals surface area contributed by atoms with E-state index in [4.69, 9.17) is 8.92 Å².